The molecule has 2 rings (SSSR count). The third-order valence-electron chi connectivity index (χ3n) is 2.69. The third-order valence-corrected chi connectivity index (χ3v) is 3.90. The zero-order valence-corrected chi connectivity index (χ0v) is 12.5. The number of hydrogen-bond donors (Lipinski definition) is 1. The van der Waals surface area contributed by atoms with Crippen molar-refractivity contribution >= 4 is 27.5 Å². The van der Waals surface area contributed by atoms with Crippen molar-refractivity contribution in [3.05, 3.63) is 45.1 Å². The van der Waals surface area contributed by atoms with E-state index in [0.717, 1.165) is 21.3 Å². The second-order valence-electron chi connectivity index (χ2n) is 4.15. The molecule has 94 valence electrons. The zero-order valence-electron chi connectivity index (χ0n) is 10.1. The van der Waals surface area contributed by atoms with Crippen LogP contribution in [0.4, 0.5) is 0 Å². The maximum atomic E-state index is 5.96. The van der Waals surface area contributed by atoms with Crippen molar-refractivity contribution in [1.29, 1.82) is 0 Å². The smallest absolute Gasteiger partial charge is 0.159 e. The Hall–Kier alpha value is -0.970. The van der Waals surface area contributed by atoms with Gasteiger partial charge < -0.3 is 5.73 Å². The molecule has 2 N–H and O–H groups in total. The Morgan fingerprint density at radius 1 is 1.39 bits per heavy atom. The van der Waals surface area contributed by atoms with Gasteiger partial charge in [-0.3, -0.25) is 0 Å². The SMILES string of the molecule is Cc1nc(-c2ccc(Cl)c(Br)c2)ncc1C(C)N. The van der Waals surface area contributed by atoms with Crippen LogP contribution in [-0.2, 0) is 0 Å². The predicted molar refractivity (Wildman–Crippen MR) is 77.5 cm³/mol. The largest absolute Gasteiger partial charge is 0.324 e. The first kappa shape index (κ1) is 13.5. The first-order valence-electron chi connectivity index (χ1n) is 5.53. The van der Waals surface area contributed by atoms with E-state index in [-0.39, 0.29) is 6.04 Å². The molecule has 3 nitrogen and oxygen atoms in total. The molecule has 0 bridgehead atoms. The van der Waals surface area contributed by atoms with Gasteiger partial charge in [-0.15, -0.1) is 0 Å². The van der Waals surface area contributed by atoms with E-state index in [1.54, 1.807) is 6.20 Å². The van der Waals surface area contributed by atoms with Crippen LogP contribution in [0.5, 0.6) is 0 Å². The Morgan fingerprint density at radius 3 is 2.67 bits per heavy atom. The van der Waals surface area contributed by atoms with Crippen molar-refractivity contribution in [3.63, 3.8) is 0 Å². The maximum Gasteiger partial charge on any atom is 0.159 e. The molecule has 1 heterocycles. The Labute approximate surface area is 120 Å². The molecular weight excluding hydrogens is 314 g/mol. The molecular formula is C13H13BrClN3. The average Bonchev–Trinajstić information content (AvgIpc) is 2.32. The van der Waals surface area contributed by atoms with Crippen LogP contribution in [0.25, 0.3) is 11.4 Å². The Morgan fingerprint density at radius 2 is 2.11 bits per heavy atom. The van der Waals surface area contributed by atoms with Crippen molar-refractivity contribution in [2.24, 2.45) is 5.73 Å². The van der Waals surface area contributed by atoms with Gasteiger partial charge in [-0.1, -0.05) is 11.6 Å². The molecule has 1 aromatic carbocycles. The molecule has 0 radical (unpaired) electrons. The quantitative estimate of drug-likeness (QED) is 0.911. The van der Waals surface area contributed by atoms with Crippen molar-refractivity contribution in [1.82, 2.24) is 9.97 Å². The number of nitrogens with two attached hydrogens (primary N) is 1. The van der Waals surface area contributed by atoms with Crippen molar-refractivity contribution < 1.29 is 0 Å². The summed E-state index contributed by atoms with van der Waals surface area (Å²) in [6.45, 7) is 3.86. The minimum absolute atomic E-state index is 0.0593. The highest BCUT2D eigenvalue weighted by Crippen LogP contribution is 2.27. The Bertz CT molecular complexity index is 584. The molecule has 0 saturated heterocycles. The number of rotatable bonds is 2. The molecule has 5 heteroatoms. The van der Waals surface area contributed by atoms with Gasteiger partial charge in [-0.25, -0.2) is 9.97 Å². The van der Waals surface area contributed by atoms with Gasteiger partial charge >= 0.3 is 0 Å². The van der Waals surface area contributed by atoms with E-state index in [0.29, 0.717) is 10.8 Å². The molecule has 18 heavy (non-hydrogen) atoms. The van der Waals surface area contributed by atoms with Crippen molar-refractivity contribution in [2.45, 2.75) is 19.9 Å². The molecule has 0 fully saturated rings. The fourth-order valence-electron chi connectivity index (χ4n) is 1.70. The summed E-state index contributed by atoms with van der Waals surface area (Å²) in [6.07, 6.45) is 1.78. The molecule has 0 saturated carbocycles. The van der Waals surface area contributed by atoms with E-state index in [9.17, 15) is 0 Å². The van der Waals surface area contributed by atoms with E-state index in [1.807, 2.05) is 32.0 Å². The number of nitrogens with zero attached hydrogens (tertiary/aromatic N) is 2. The van der Waals surface area contributed by atoms with Gasteiger partial charge in [-0.05, 0) is 48.0 Å². The second-order valence-corrected chi connectivity index (χ2v) is 5.41. The molecule has 1 aromatic heterocycles. The summed E-state index contributed by atoms with van der Waals surface area (Å²) in [5.74, 6) is 0.675. The van der Waals surface area contributed by atoms with Gasteiger partial charge in [0.15, 0.2) is 5.82 Å². The summed E-state index contributed by atoms with van der Waals surface area (Å²) in [7, 11) is 0. The molecule has 0 aliphatic carbocycles. The van der Waals surface area contributed by atoms with E-state index < -0.39 is 0 Å². The van der Waals surface area contributed by atoms with E-state index in [1.165, 1.54) is 0 Å². The fourth-order valence-corrected chi connectivity index (χ4v) is 2.19. The van der Waals surface area contributed by atoms with Gasteiger partial charge in [-0.2, -0.15) is 0 Å². The number of hydrogen-bond acceptors (Lipinski definition) is 3. The highest BCUT2D eigenvalue weighted by atomic mass is 79.9. The molecule has 0 aliphatic heterocycles. The molecule has 2 aromatic rings. The van der Waals surface area contributed by atoms with Gasteiger partial charge in [0.2, 0.25) is 0 Å². The van der Waals surface area contributed by atoms with Crippen LogP contribution in [0.3, 0.4) is 0 Å². The lowest BCUT2D eigenvalue weighted by atomic mass is 10.1. The maximum absolute atomic E-state index is 5.96. The van der Waals surface area contributed by atoms with Crippen molar-refractivity contribution in [2.75, 3.05) is 0 Å². The summed E-state index contributed by atoms with van der Waals surface area (Å²) in [5, 5.41) is 0.669. The van der Waals surface area contributed by atoms with Crippen LogP contribution in [0.1, 0.15) is 24.2 Å². The summed E-state index contributed by atoms with van der Waals surface area (Å²) in [6, 6.07) is 5.56. The molecule has 0 aliphatic rings. The lowest BCUT2D eigenvalue weighted by Gasteiger charge is -2.10. The average molecular weight is 327 g/mol. The highest BCUT2D eigenvalue weighted by Gasteiger charge is 2.09. The zero-order chi connectivity index (χ0) is 13.3. The van der Waals surface area contributed by atoms with Gasteiger partial charge in [0.25, 0.3) is 0 Å². The molecule has 0 amide bonds. The van der Waals surface area contributed by atoms with Gasteiger partial charge in [0.1, 0.15) is 0 Å². The fraction of sp³-hybridized carbons (Fsp3) is 0.231. The van der Waals surface area contributed by atoms with Crippen LogP contribution in [0.2, 0.25) is 5.02 Å². The summed E-state index contributed by atoms with van der Waals surface area (Å²) in [4.78, 5) is 8.83. The number of halogens is 2. The number of aromatic nitrogens is 2. The first-order valence-corrected chi connectivity index (χ1v) is 6.70. The minimum Gasteiger partial charge on any atom is -0.324 e. The Kier molecular flexibility index (Phi) is 4.00. The standard InChI is InChI=1S/C13H13BrClN3/c1-7(16)10-6-17-13(18-8(10)2)9-3-4-12(15)11(14)5-9/h3-7H,16H2,1-2H3. The summed E-state index contributed by atoms with van der Waals surface area (Å²) in [5.41, 5.74) is 8.63. The van der Waals surface area contributed by atoms with Crippen LogP contribution in [-0.4, -0.2) is 9.97 Å². The first-order chi connectivity index (χ1) is 8.49. The van der Waals surface area contributed by atoms with Crippen LogP contribution in [0.15, 0.2) is 28.9 Å². The highest BCUT2D eigenvalue weighted by molar-refractivity contribution is 9.10. The lowest BCUT2D eigenvalue weighted by molar-refractivity contribution is 0.790. The van der Waals surface area contributed by atoms with Crippen LogP contribution < -0.4 is 5.73 Å². The van der Waals surface area contributed by atoms with Crippen molar-refractivity contribution in [3.8, 4) is 11.4 Å². The van der Waals surface area contributed by atoms with Crippen LogP contribution >= 0.6 is 27.5 Å². The van der Waals surface area contributed by atoms with E-state index >= 15 is 0 Å². The monoisotopic (exact) mass is 325 g/mol. The van der Waals surface area contributed by atoms with Gasteiger partial charge in [0.05, 0.1) is 5.02 Å². The Balaban J connectivity index is 2.45. The number of benzene rings is 1. The molecule has 1 unspecified atom stereocenters. The van der Waals surface area contributed by atoms with Gasteiger partial charge in [0, 0.05) is 33.5 Å². The predicted octanol–water partition coefficient (Wildman–Crippen LogP) is 3.89. The van der Waals surface area contributed by atoms with E-state index in [4.69, 9.17) is 17.3 Å². The normalized spacial score (nSPS) is 12.5. The topological polar surface area (TPSA) is 51.8 Å². The minimum atomic E-state index is -0.0593. The summed E-state index contributed by atoms with van der Waals surface area (Å²) >= 11 is 9.35. The number of aryl methyl sites for hydroxylation is 1. The van der Waals surface area contributed by atoms with Crippen LogP contribution in [0, 0.1) is 6.92 Å². The summed E-state index contributed by atoms with van der Waals surface area (Å²) < 4.78 is 0.833. The molecule has 1 atom stereocenters. The van der Waals surface area contributed by atoms with E-state index in [2.05, 4.69) is 25.9 Å². The molecule has 0 spiro atoms. The third kappa shape index (κ3) is 2.71. The lowest BCUT2D eigenvalue weighted by Crippen LogP contribution is -2.09. The second kappa shape index (κ2) is 5.34.